The van der Waals surface area contributed by atoms with Gasteiger partial charge in [-0.25, -0.2) is 9.59 Å². The SMILES string of the molecule is CCCCCOC(=O)Oc1ccc(C(C(C)COC(=O)CC(C)CC)[C@H](N)C(=O)O)cc1OC(=O)OCCCCC. The Morgan fingerprint density at radius 1 is 0.829 bits per heavy atom. The molecule has 11 heteroatoms. The third kappa shape index (κ3) is 13.7. The van der Waals surface area contributed by atoms with Gasteiger partial charge in [-0.15, -0.1) is 0 Å². The average Bonchev–Trinajstić information content (AvgIpc) is 2.93. The molecule has 3 N–H and O–H groups in total. The minimum absolute atomic E-state index is 0.0705. The summed E-state index contributed by atoms with van der Waals surface area (Å²) >= 11 is 0. The number of esters is 1. The number of aliphatic carboxylic acids is 1. The van der Waals surface area contributed by atoms with E-state index >= 15 is 0 Å². The highest BCUT2D eigenvalue weighted by molar-refractivity contribution is 5.75. The number of ether oxygens (including phenoxy) is 5. The van der Waals surface area contributed by atoms with E-state index in [9.17, 15) is 24.3 Å². The summed E-state index contributed by atoms with van der Waals surface area (Å²) in [5, 5.41) is 9.72. The Bertz CT molecular complexity index is 967. The second-order valence-electron chi connectivity index (χ2n) is 10.3. The summed E-state index contributed by atoms with van der Waals surface area (Å²) in [7, 11) is 0. The fourth-order valence-electron chi connectivity index (χ4n) is 4.01. The summed E-state index contributed by atoms with van der Waals surface area (Å²) < 4.78 is 26.3. The van der Waals surface area contributed by atoms with Crippen LogP contribution in [0.15, 0.2) is 18.2 Å². The molecule has 0 amide bonds. The zero-order valence-corrected chi connectivity index (χ0v) is 25.0. The molecule has 11 nitrogen and oxygen atoms in total. The van der Waals surface area contributed by atoms with Crippen molar-refractivity contribution in [3.05, 3.63) is 23.8 Å². The maximum absolute atomic E-state index is 12.4. The van der Waals surface area contributed by atoms with Gasteiger partial charge in [0.25, 0.3) is 0 Å². The van der Waals surface area contributed by atoms with Gasteiger partial charge < -0.3 is 34.5 Å². The second-order valence-corrected chi connectivity index (χ2v) is 10.3. The monoisotopic (exact) mass is 581 g/mol. The molecule has 1 aromatic rings. The molecule has 0 radical (unpaired) electrons. The van der Waals surface area contributed by atoms with Crippen LogP contribution in [0.25, 0.3) is 0 Å². The van der Waals surface area contributed by atoms with Gasteiger partial charge >= 0.3 is 24.2 Å². The van der Waals surface area contributed by atoms with Crippen LogP contribution >= 0.6 is 0 Å². The Morgan fingerprint density at radius 3 is 1.90 bits per heavy atom. The Morgan fingerprint density at radius 2 is 1.39 bits per heavy atom. The lowest BCUT2D eigenvalue weighted by Crippen LogP contribution is -2.40. The van der Waals surface area contributed by atoms with Gasteiger partial charge in [-0.2, -0.15) is 0 Å². The number of carboxylic acid groups (broad SMARTS) is 1. The molecule has 232 valence electrons. The van der Waals surface area contributed by atoms with E-state index in [1.54, 1.807) is 6.92 Å². The standard InChI is InChI=1S/C30H47NO10/c1-6-9-11-15-37-29(35)40-23-14-13-22(18-24(23)41-30(36)38-16-12-10-7-2)26(27(31)28(33)34)21(5)19-39-25(32)17-20(4)8-3/h13-14,18,20-21,26-27H,6-12,15-17,19,31H2,1-5H3,(H,33,34)/t20?,21?,26?,27-/m0/s1. The normalized spacial score (nSPS) is 13.8. The summed E-state index contributed by atoms with van der Waals surface area (Å²) in [6, 6.07) is 2.88. The molecule has 0 saturated heterocycles. The highest BCUT2D eigenvalue weighted by atomic mass is 16.7. The fraction of sp³-hybridized carbons (Fsp3) is 0.667. The summed E-state index contributed by atoms with van der Waals surface area (Å²) in [4.78, 5) is 48.8. The number of unbranched alkanes of at least 4 members (excludes halogenated alkanes) is 4. The van der Waals surface area contributed by atoms with Crippen molar-refractivity contribution in [2.45, 2.75) is 97.9 Å². The molecule has 1 aromatic carbocycles. The van der Waals surface area contributed by atoms with E-state index in [0.29, 0.717) is 18.4 Å². The lowest BCUT2D eigenvalue weighted by atomic mass is 9.82. The molecule has 3 unspecified atom stereocenters. The van der Waals surface area contributed by atoms with Gasteiger partial charge in [0.1, 0.15) is 6.04 Å². The summed E-state index contributed by atoms with van der Waals surface area (Å²) in [5.74, 6) is -3.14. The first-order valence-electron chi connectivity index (χ1n) is 14.5. The van der Waals surface area contributed by atoms with Gasteiger partial charge in [0.05, 0.1) is 19.8 Å². The smallest absolute Gasteiger partial charge is 0.480 e. The topological polar surface area (TPSA) is 161 Å². The largest absolute Gasteiger partial charge is 0.513 e. The number of rotatable bonds is 19. The highest BCUT2D eigenvalue weighted by Gasteiger charge is 2.33. The average molecular weight is 582 g/mol. The highest BCUT2D eigenvalue weighted by Crippen LogP contribution is 2.36. The van der Waals surface area contributed by atoms with Gasteiger partial charge in [-0.1, -0.05) is 72.8 Å². The minimum atomic E-state index is -1.37. The van der Waals surface area contributed by atoms with Crippen LogP contribution in [0.1, 0.15) is 97.5 Å². The van der Waals surface area contributed by atoms with E-state index in [-0.39, 0.29) is 49.6 Å². The molecule has 1 rings (SSSR count). The van der Waals surface area contributed by atoms with Crippen LogP contribution < -0.4 is 15.2 Å². The number of nitrogens with two attached hydrogens (primary N) is 1. The molecular weight excluding hydrogens is 534 g/mol. The first kappa shape index (κ1) is 35.7. The summed E-state index contributed by atoms with van der Waals surface area (Å²) in [6.45, 7) is 9.91. The molecule has 0 aromatic heterocycles. The molecule has 0 aliphatic carbocycles. The number of carbonyl (C=O) groups excluding carboxylic acids is 3. The first-order chi connectivity index (χ1) is 19.5. The van der Waals surface area contributed by atoms with Crippen molar-refractivity contribution in [2.24, 2.45) is 17.6 Å². The van der Waals surface area contributed by atoms with Crippen molar-refractivity contribution in [1.82, 2.24) is 0 Å². The van der Waals surface area contributed by atoms with Crippen molar-refractivity contribution in [2.75, 3.05) is 19.8 Å². The van der Waals surface area contributed by atoms with Crippen molar-refractivity contribution in [1.29, 1.82) is 0 Å². The predicted molar refractivity (Wildman–Crippen MR) is 152 cm³/mol. The van der Waals surface area contributed by atoms with Gasteiger partial charge in [0.2, 0.25) is 0 Å². The third-order valence-corrected chi connectivity index (χ3v) is 6.68. The number of carboxylic acids is 1. The van der Waals surface area contributed by atoms with Crippen LogP contribution in [0.2, 0.25) is 0 Å². The first-order valence-corrected chi connectivity index (χ1v) is 14.5. The van der Waals surface area contributed by atoms with E-state index in [2.05, 4.69) is 0 Å². The maximum atomic E-state index is 12.4. The second kappa shape index (κ2) is 19.7. The van der Waals surface area contributed by atoms with Gasteiger partial charge in [-0.05, 0) is 42.4 Å². The van der Waals surface area contributed by atoms with Gasteiger partial charge in [-0.3, -0.25) is 9.59 Å². The Labute approximate surface area is 243 Å². The molecule has 0 aliphatic rings. The molecule has 4 atom stereocenters. The number of benzene rings is 1. The van der Waals surface area contributed by atoms with Crippen LogP contribution in [0, 0.1) is 11.8 Å². The van der Waals surface area contributed by atoms with E-state index in [1.807, 2.05) is 27.7 Å². The zero-order chi connectivity index (χ0) is 30.8. The molecular formula is C30H47NO10. The van der Waals surface area contributed by atoms with E-state index in [1.165, 1.54) is 18.2 Å². The Kier molecular flexibility index (Phi) is 17.1. The third-order valence-electron chi connectivity index (χ3n) is 6.68. The summed E-state index contributed by atoms with van der Waals surface area (Å²) in [5.41, 5.74) is 6.45. The van der Waals surface area contributed by atoms with Crippen molar-refractivity contribution in [3.8, 4) is 11.5 Å². The lowest BCUT2D eigenvalue weighted by molar-refractivity contribution is -0.146. The number of hydrogen-bond donors (Lipinski definition) is 2. The maximum Gasteiger partial charge on any atom is 0.513 e. The van der Waals surface area contributed by atoms with Crippen molar-refractivity contribution in [3.63, 3.8) is 0 Å². The summed E-state index contributed by atoms with van der Waals surface area (Å²) in [6.07, 6.45) is 4.06. The predicted octanol–water partition coefficient (Wildman–Crippen LogP) is 6.21. The molecule has 0 spiro atoms. The molecule has 0 heterocycles. The zero-order valence-electron chi connectivity index (χ0n) is 25.0. The van der Waals surface area contributed by atoms with Crippen LogP contribution in [-0.2, 0) is 23.8 Å². The molecule has 0 saturated carbocycles. The van der Waals surface area contributed by atoms with Crippen LogP contribution in [0.3, 0.4) is 0 Å². The van der Waals surface area contributed by atoms with Gasteiger partial charge in [0.15, 0.2) is 11.5 Å². The van der Waals surface area contributed by atoms with Gasteiger partial charge in [0, 0.05) is 12.3 Å². The Balaban J connectivity index is 3.23. The van der Waals surface area contributed by atoms with E-state index in [0.717, 1.165) is 32.1 Å². The number of carbonyl (C=O) groups is 4. The molecule has 0 fully saturated rings. The number of hydrogen-bond acceptors (Lipinski definition) is 10. The fourth-order valence-corrected chi connectivity index (χ4v) is 4.01. The van der Waals surface area contributed by atoms with Crippen LogP contribution in [-0.4, -0.2) is 55.2 Å². The molecule has 0 aliphatic heterocycles. The van der Waals surface area contributed by atoms with Crippen molar-refractivity contribution < 1.29 is 48.0 Å². The van der Waals surface area contributed by atoms with Crippen LogP contribution in [0.5, 0.6) is 11.5 Å². The Hall–Kier alpha value is -3.34. The molecule has 0 bridgehead atoms. The molecule has 41 heavy (non-hydrogen) atoms. The van der Waals surface area contributed by atoms with Crippen molar-refractivity contribution >= 4 is 24.2 Å². The lowest BCUT2D eigenvalue weighted by Gasteiger charge is -2.28. The van der Waals surface area contributed by atoms with Crippen LogP contribution in [0.4, 0.5) is 9.59 Å². The quantitative estimate of drug-likeness (QED) is 0.0827. The van der Waals surface area contributed by atoms with E-state index in [4.69, 9.17) is 29.4 Å². The van der Waals surface area contributed by atoms with E-state index < -0.39 is 36.2 Å². The minimum Gasteiger partial charge on any atom is -0.480 e.